The Morgan fingerprint density at radius 2 is 1.81 bits per heavy atom. The summed E-state index contributed by atoms with van der Waals surface area (Å²) in [5.41, 5.74) is 2.91. The monoisotopic (exact) mass is 482 g/mol. The number of hydrogen-bond acceptors (Lipinski definition) is 4. The summed E-state index contributed by atoms with van der Waals surface area (Å²) in [5, 5.41) is 6.96. The lowest BCUT2D eigenvalue weighted by atomic mass is 10.2. The summed E-state index contributed by atoms with van der Waals surface area (Å²) in [6.45, 7) is 0. The van der Waals surface area contributed by atoms with E-state index in [-0.39, 0.29) is 5.56 Å². The van der Waals surface area contributed by atoms with Gasteiger partial charge in [0.25, 0.3) is 5.56 Å². The lowest BCUT2D eigenvalue weighted by Crippen LogP contribution is -2.20. The molecule has 3 aromatic heterocycles. The number of halogens is 1. The zero-order chi connectivity index (χ0) is 21.7. The summed E-state index contributed by atoms with van der Waals surface area (Å²) in [6.07, 6.45) is 3.53. The average Bonchev–Trinajstić information content (AvgIpc) is 3.42. The van der Waals surface area contributed by atoms with Crippen molar-refractivity contribution < 1.29 is 4.42 Å². The van der Waals surface area contributed by atoms with Gasteiger partial charge in [0.2, 0.25) is 5.82 Å². The van der Waals surface area contributed by atoms with E-state index < -0.39 is 0 Å². The minimum Gasteiger partial charge on any atom is -0.453 e. The molecule has 0 radical (unpaired) electrons. The number of fused-ring (bicyclic) bond motifs is 3. The van der Waals surface area contributed by atoms with Gasteiger partial charge in [-0.2, -0.15) is 9.78 Å². The number of rotatable bonds is 3. The molecule has 6 rings (SSSR count). The number of aromatic amines is 1. The van der Waals surface area contributed by atoms with E-state index in [0.29, 0.717) is 28.1 Å². The van der Waals surface area contributed by atoms with E-state index in [4.69, 9.17) is 9.40 Å². The molecule has 6 nitrogen and oxygen atoms in total. The molecule has 7 heteroatoms. The van der Waals surface area contributed by atoms with Gasteiger partial charge < -0.3 is 9.40 Å². The van der Waals surface area contributed by atoms with Crippen molar-refractivity contribution in [1.29, 1.82) is 0 Å². The number of aromatic nitrogens is 3. The minimum absolute atomic E-state index is 0.261. The lowest BCUT2D eigenvalue weighted by molar-refractivity contribution is 0.616. The maximum Gasteiger partial charge on any atom is 0.282 e. The van der Waals surface area contributed by atoms with Crippen LogP contribution in [0.4, 0.5) is 0 Å². The van der Waals surface area contributed by atoms with Crippen LogP contribution in [0.25, 0.3) is 44.4 Å². The molecule has 0 bridgehead atoms. The van der Waals surface area contributed by atoms with Gasteiger partial charge in [0.05, 0.1) is 17.1 Å². The van der Waals surface area contributed by atoms with Crippen LogP contribution in [-0.4, -0.2) is 20.9 Å². The third-order valence-electron chi connectivity index (χ3n) is 5.39. The number of benzene rings is 3. The molecule has 0 saturated heterocycles. The first-order valence-corrected chi connectivity index (χ1v) is 10.8. The van der Waals surface area contributed by atoms with Crippen molar-refractivity contribution in [3.63, 3.8) is 0 Å². The number of para-hydroxylation sites is 2. The molecule has 3 aromatic carbocycles. The fourth-order valence-electron chi connectivity index (χ4n) is 3.84. The summed E-state index contributed by atoms with van der Waals surface area (Å²) in [4.78, 5) is 21.3. The molecular weight excluding hydrogens is 468 g/mol. The van der Waals surface area contributed by atoms with Crippen molar-refractivity contribution in [2.75, 3.05) is 0 Å². The van der Waals surface area contributed by atoms with Gasteiger partial charge in [-0.25, -0.2) is 4.98 Å². The first-order valence-electron chi connectivity index (χ1n) is 9.99. The highest BCUT2D eigenvalue weighted by atomic mass is 79.9. The standard InChI is InChI=1S/C25H15BrN4O2/c26-17-9-10-22-15(11-17)12-23(32-22)24-29-21-8-4-2-6-19(21)25(31)30(24)28-14-16-13-27-20-7-3-1-5-18(16)20/h1-14,27H. The van der Waals surface area contributed by atoms with E-state index in [1.165, 1.54) is 4.68 Å². The second kappa shape index (κ2) is 7.32. The third-order valence-corrected chi connectivity index (χ3v) is 5.88. The van der Waals surface area contributed by atoms with Crippen LogP contribution in [0.2, 0.25) is 0 Å². The molecule has 6 aromatic rings. The molecule has 0 aliphatic heterocycles. The minimum atomic E-state index is -0.261. The van der Waals surface area contributed by atoms with Gasteiger partial charge in [-0.15, -0.1) is 0 Å². The van der Waals surface area contributed by atoms with Crippen LogP contribution in [0.3, 0.4) is 0 Å². The SMILES string of the molecule is O=c1c2ccccc2nc(-c2cc3cc(Br)ccc3o2)n1N=Cc1c[nH]c2ccccc12. The molecule has 1 N–H and O–H groups in total. The van der Waals surface area contributed by atoms with Crippen molar-refractivity contribution in [1.82, 2.24) is 14.6 Å². The molecule has 32 heavy (non-hydrogen) atoms. The first-order chi connectivity index (χ1) is 15.7. The van der Waals surface area contributed by atoms with Gasteiger partial charge in [-0.3, -0.25) is 4.79 Å². The smallest absolute Gasteiger partial charge is 0.282 e. The summed E-state index contributed by atoms with van der Waals surface area (Å²) in [7, 11) is 0. The van der Waals surface area contributed by atoms with Crippen molar-refractivity contribution in [2.24, 2.45) is 5.10 Å². The van der Waals surface area contributed by atoms with E-state index in [9.17, 15) is 4.79 Å². The van der Waals surface area contributed by atoms with Gasteiger partial charge in [0, 0.05) is 32.5 Å². The van der Waals surface area contributed by atoms with E-state index in [2.05, 4.69) is 26.0 Å². The van der Waals surface area contributed by atoms with Crippen molar-refractivity contribution in [2.45, 2.75) is 0 Å². The number of nitrogens with zero attached hydrogens (tertiary/aromatic N) is 3. The van der Waals surface area contributed by atoms with Crippen molar-refractivity contribution >= 4 is 54.9 Å². The normalized spacial score (nSPS) is 11.9. The Bertz CT molecular complexity index is 1730. The van der Waals surface area contributed by atoms with Gasteiger partial charge in [-0.1, -0.05) is 46.3 Å². The summed E-state index contributed by atoms with van der Waals surface area (Å²) >= 11 is 3.48. The molecular formula is C25H15BrN4O2. The fourth-order valence-corrected chi connectivity index (χ4v) is 4.21. The average molecular weight is 483 g/mol. The number of hydrogen-bond donors (Lipinski definition) is 1. The highest BCUT2D eigenvalue weighted by Gasteiger charge is 2.16. The van der Waals surface area contributed by atoms with Gasteiger partial charge >= 0.3 is 0 Å². The molecule has 0 atom stereocenters. The lowest BCUT2D eigenvalue weighted by Gasteiger charge is -2.07. The largest absolute Gasteiger partial charge is 0.453 e. The van der Waals surface area contributed by atoms with Gasteiger partial charge in [0.1, 0.15) is 5.58 Å². The van der Waals surface area contributed by atoms with E-state index in [0.717, 1.165) is 26.3 Å². The second-order valence-electron chi connectivity index (χ2n) is 7.40. The highest BCUT2D eigenvalue weighted by molar-refractivity contribution is 9.10. The maximum atomic E-state index is 13.4. The zero-order valence-electron chi connectivity index (χ0n) is 16.6. The predicted octanol–water partition coefficient (Wildman–Crippen LogP) is 5.94. The quantitative estimate of drug-likeness (QED) is 0.317. The van der Waals surface area contributed by atoms with Crippen LogP contribution in [0.15, 0.2) is 97.8 Å². The van der Waals surface area contributed by atoms with Crippen LogP contribution in [0.1, 0.15) is 5.56 Å². The summed E-state index contributed by atoms with van der Waals surface area (Å²) in [5.74, 6) is 0.814. The molecule has 154 valence electrons. The maximum absolute atomic E-state index is 13.4. The highest BCUT2D eigenvalue weighted by Crippen LogP contribution is 2.29. The summed E-state index contributed by atoms with van der Waals surface area (Å²) in [6, 6.07) is 22.8. The Morgan fingerprint density at radius 3 is 2.72 bits per heavy atom. The molecule has 0 saturated carbocycles. The van der Waals surface area contributed by atoms with Crippen molar-refractivity contribution in [3.05, 3.63) is 99.4 Å². The first kappa shape index (κ1) is 18.8. The Kier molecular flexibility index (Phi) is 4.29. The number of H-pyrrole nitrogens is 1. The Hall–Kier alpha value is -3.97. The van der Waals surface area contributed by atoms with Gasteiger partial charge in [-0.05, 0) is 42.5 Å². The van der Waals surface area contributed by atoms with Crippen LogP contribution in [0, 0.1) is 0 Å². The molecule has 0 amide bonds. The van der Waals surface area contributed by atoms with E-state index >= 15 is 0 Å². The van der Waals surface area contributed by atoms with Crippen LogP contribution in [0.5, 0.6) is 0 Å². The zero-order valence-corrected chi connectivity index (χ0v) is 18.2. The molecule has 0 aliphatic rings. The molecule has 3 heterocycles. The van der Waals surface area contributed by atoms with Crippen LogP contribution in [-0.2, 0) is 0 Å². The fraction of sp³-hybridized carbons (Fsp3) is 0. The summed E-state index contributed by atoms with van der Waals surface area (Å²) < 4.78 is 8.28. The molecule has 0 unspecified atom stereocenters. The molecule has 0 aliphatic carbocycles. The topological polar surface area (TPSA) is 76.2 Å². The van der Waals surface area contributed by atoms with Gasteiger partial charge in [0.15, 0.2) is 5.76 Å². The van der Waals surface area contributed by atoms with E-state index in [1.807, 2.05) is 72.9 Å². The molecule has 0 spiro atoms. The van der Waals surface area contributed by atoms with Crippen LogP contribution >= 0.6 is 15.9 Å². The third kappa shape index (κ3) is 3.06. The Labute approximate surface area is 190 Å². The van der Waals surface area contributed by atoms with Crippen molar-refractivity contribution in [3.8, 4) is 11.6 Å². The molecule has 0 fully saturated rings. The second-order valence-corrected chi connectivity index (χ2v) is 8.31. The predicted molar refractivity (Wildman–Crippen MR) is 130 cm³/mol. The Balaban J connectivity index is 1.58. The number of furan rings is 1. The Morgan fingerprint density at radius 1 is 1.00 bits per heavy atom. The van der Waals surface area contributed by atoms with E-state index in [1.54, 1.807) is 12.3 Å². The van der Waals surface area contributed by atoms with Crippen LogP contribution < -0.4 is 5.56 Å². The number of nitrogens with one attached hydrogen (secondary N) is 1.